The fourth-order valence-corrected chi connectivity index (χ4v) is 3.02. The molecule has 0 bridgehead atoms. The van der Waals surface area contributed by atoms with Gasteiger partial charge in [-0.3, -0.25) is 19.2 Å². The number of hydrogen-bond donors (Lipinski definition) is 2. The van der Waals surface area contributed by atoms with Crippen molar-refractivity contribution in [1.82, 2.24) is 5.32 Å². The van der Waals surface area contributed by atoms with E-state index in [0.717, 1.165) is 6.42 Å². The van der Waals surface area contributed by atoms with Crippen molar-refractivity contribution in [3.05, 3.63) is 0 Å². The Hall–Kier alpha value is -2.24. The molecule has 0 aromatic rings. The van der Waals surface area contributed by atoms with E-state index in [2.05, 4.69) is 5.32 Å². The molecule has 11 heteroatoms. The lowest BCUT2D eigenvalue weighted by Crippen LogP contribution is -2.54. The number of amides is 1. The molecule has 4 atom stereocenters. The zero-order valence-electron chi connectivity index (χ0n) is 18.4. The highest BCUT2D eigenvalue weighted by atomic mass is 16.7. The molecule has 178 valence electrons. The number of hydrogen-bond acceptors (Lipinski definition) is 10. The van der Waals surface area contributed by atoms with Crippen molar-refractivity contribution in [3.8, 4) is 0 Å². The molecule has 1 aliphatic rings. The summed E-state index contributed by atoms with van der Waals surface area (Å²) in [6.07, 6.45) is -0.856. The van der Waals surface area contributed by atoms with Crippen molar-refractivity contribution in [3.63, 3.8) is 0 Å². The van der Waals surface area contributed by atoms with Crippen LogP contribution in [0.5, 0.6) is 0 Å². The van der Waals surface area contributed by atoms with Gasteiger partial charge < -0.3 is 34.7 Å². The van der Waals surface area contributed by atoms with Gasteiger partial charge in [-0.05, 0) is 25.8 Å². The highest BCUT2D eigenvalue weighted by Crippen LogP contribution is 2.27. The summed E-state index contributed by atoms with van der Waals surface area (Å²) in [6, 6.07) is 0. The minimum absolute atomic E-state index is 0.0389. The van der Waals surface area contributed by atoms with Crippen molar-refractivity contribution in [2.24, 2.45) is 5.73 Å². The molecular formula is C20H34N2O9. The number of ether oxygens (including phenoxy) is 5. The zero-order chi connectivity index (χ0) is 23.2. The van der Waals surface area contributed by atoms with Gasteiger partial charge in [0.1, 0.15) is 18.8 Å². The smallest absolute Gasteiger partial charge is 0.303 e. The molecule has 11 nitrogen and oxygen atoms in total. The molecule has 1 amide bonds. The summed E-state index contributed by atoms with van der Waals surface area (Å²) in [5.74, 6) is -1.69. The number of carbonyl (C=O) groups is 4. The van der Waals surface area contributed by atoms with Crippen LogP contribution >= 0.6 is 0 Å². The molecule has 0 spiro atoms. The first-order valence-corrected chi connectivity index (χ1v) is 10.4. The standard InChI is InChI=1S/C20H34N2O9/c1-13(23)28-12-17-20(30-15(3)25)16(29-14(2)24)11-19(31-17)27-10-5-4-7-18(26)22-9-6-8-21/h16-17,19-20H,4-12,21H2,1-3H3,(H,22,26)/t16-,17-,19-,20-/m1/s1. The number of unbranched alkanes of at least 4 members (excludes halogenated alkanes) is 1. The summed E-state index contributed by atoms with van der Waals surface area (Å²) in [7, 11) is 0. The molecule has 0 aromatic heterocycles. The quantitative estimate of drug-likeness (QED) is 0.228. The highest BCUT2D eigenvalue weighted by Gasteiger charge is 2.44. The summed E-state index contributed by atoms with van der Waals surface area (Å²) in [5.41, 5.74) is 5.38. The van der Waals surface area contributed by atoms with Crippen LogP contribution in [0.4, 0.5) is 0 Å². The summed E-state index contributed by atoms with van der Waals surface area (Å²) in [4.78, 5) is 45.9. The van der Waals surface area contributed by atoms with E-state index in [1.54, 1.807) is 0 Å². The second-order valence-corrected chi connectivity index (χ2v) is 7.18. The van der Waals surface area contributed by atoms with E-state index in [4.69, 9.17) is 29.4 Å². The van der Waals surface area contributed by atoms with Crippen molar-refractivity contribution in [1.29, 1.82) is 0 Å². The normalized spacial score (nSPS) is 23.0. The van der Waals surface area contributed by atoms with Gasteiger partial charge in [-0.15, -0.1) is 0 Å². The third-order valence-corrected chi connectivity index (χ3v) is 4.36. The van der Waals surface area contributed by atoms with Crippen molar-refractivity contribution in [2.45, 2.75) is 77.5 Å². The lowest BCUT2D eigenvalue weighted by atomic mass is 10.0. The minimum atomic E-state index is -0.933. The van der Waals surface area contributed by atoms with Crippen LogP contribution in [0.25, 0.3) is 0 Å². The molecular weight excluding hydrogens is 412 g/mol. The lowest BCUT2D eigenvalue weighted by Gasteiger charge is -2.39. The van der Waals surface area contributed by atoms with Crippen molar-refractivity contribution in [2.75, 3.05) is 26.3 Å². The van der Waals surface area contributed by atoms with E-state index in [1.807, 2.05) is 0 Å². The highest BCUT2D eigenvalue weighted by molar-refractivity contribution is 5.75. The van der Waals surface area contributed by atoms with Crippen LogP contribution in [-0.4, -0.2) is 74.7 Å². The maximum Gasteiger partial charge on any atom is 0.303 e. The Morgan fingerprint density at radius 3 is 2.32 bits per heavy atom. The van der Waals surface area contributed by atoms with Crippen LogP contribution in [0.15, 0.2) is 0 Å². The first-order chi connectivity index (χ1) is 14.7. The van der Waals surface area contributed by atoms with E-state index >= 15 is 0 Å². The number of nitrogens with two attached hydrogens (primary N) is 1. The summed E-state index contributed by atoms with van der Waals surface area (Å²) < 4.78 is 27.1. The molecule has 1 rings (SSSR count). The predicted octanol–water partition coefficient (Wildman–Crippen LogP) is 0.180. The molecule has 0 unspecified atom stereocenters. The summed E-state index contributed by atoms with van der Waals surface area (Å²) >= 11 is 0. The van der Waals surface area contributed by atoms with E-state index in [-0.39, 0.29) is 18.9 Å². The average Bonchev–Trinajstić information content (AvgIpc) is 2.67. The number of rotatable bonds is 13. The van der Waals surface area contributed by atoms with Crippen molar-refractivity contribution < 1.29 is 42.9 Å². The molecule has 1 fully saturated rings. The third-order valence-electron chi connectivity index (χ3n) is 4.36. The number of carbonyl (C=O) groups excluding carboxylic acids is 4. The van der Waals surface area contributed by atoms with Crippen LogP contribution in [0.2, 0.25) is 0 Å². The Morgan fingerprint density at radius 2 is 1.71 bits per heavy atom. The monoisotopic (exact) mass is 446 g/mol. The van der Waals surface area contributed by atoms with Gasteiger partial charge in [-0.2, -0.15) is 0 Å². The molecule has 0 aliphatic carbocycles. The predicted molar refractivity (Wildman–Crippen MR) is 108 cm³/mol. The van der Waals surface area contributed by atoms with Crippen molar-refractivity contribution >= 4 is 23.8 Å². The topological polar surface area (TPSA) is 152 Å². The molecule has 3 N–H and O–H groups in total. The van der Waals surface area contributed by atoms with Gasteiger partial charge in [0.15, 0.2) is 12.4 Å². The van der Waals surface area contributed by atoms with Gasteiger partial charge in [0.25, 0.3) is 0 Å². The van der Waals surface area contributed by atoms with Gasteiger partial charge in [-0.1, -0.05) is 0 Å². The zero-order valence-corrected chi connectivity index (χ0v) is 18.4. The Kier molecular flexibility index (Phi) is 12.7. The van der Waals surface area contributed by atoms with E-state index in [0.29, 0.717) is 39.0 Å². The maximum atomic E-state index is 11.7. The van der Waals surface area contributed by atoms with Crippen LogP contribution in [0.3, 0.4) is 0 Å². The molecule has 31 heavy (non-hydrogen) atoms. The minimum Gasteiger partial charge on any atom is -0.463 e. The summed E-state index contributed by atoms with van der Waals surface area (Å²) in [5, 5.41) is 2.78. The first-order valence-electron chi connectivity index (χ1n) is 10.4. The van der Waals surface area contributed by atoms with E-state index in [1.165, 1.54) is 20.8 Å². The molecule has 0 radical (unpaired) electrons. The van der Waals surface area contributed by atoms with Gasteiger partial charge in [0, 0.05) is 46.8 Å². The van der Waals surface area contributed by atoms with Crippen LogP contribution < -0.4 is 11.1 Å². The fraction of sp³-hybridized carbons (Fsp3) is 0.800. The molecule has 1 saturated heterocycles. The van der Waals surface area contributed by atoms with E-state index < -0.39 is 42.5 Å². The Bertz CT molecular complexity index is 599. The number of nitrogens with one attached hydrogen (secondary N) is 1. The Morgan fingerprint density at radius 1 is 1.00 bits per heavy atom. The van der Waals surface area contributed by atoms with E-state index in [9.17, 15) is 19.2 Å². The van der Waals surface area contributed by atoms with Crippen LogP contribution in [-0.2, 0) is 42.9 Å². The second kappa shape index (κ2) is 14.7. The molecule has 1 aliphatic heterocycles. The SMILES string of the molecule is CC(=O)OC[C@H]1O[C@@H](OCCCCC(=O)NCCCN)C[C@@H](OC(C)=O)[C@H]1OC(C)=O. The first kappa shape index (κ1) is 26.8. The van der Waals surface area contributed by atoms with Gasteiger partial charge in [-0.25, -0.2) is 0 Å². The number of esters is 3. The average molecular weight is 446 g/mol. The maximum absolute atomic E-state index is 11.7. The third kappa shape index (κ3) is 11.7. The Balaban J connectivity index is 2.57. The van der Waals surface area contributed by atoms with Gasteiger partial charge in [0.2, 0.25) is 5.91 Å². The lowest BCUT2D eigenvalue weighted by molar-refractivity contribution is -0.266. The van der Waals surface area contributed by atoms with Crippen LogP contribution in [0, 0.1) is 0 Å². The van der Waals surface area contributed by atoms with Crippen LogP contribution in [0.1, 0.15) is 52.9 Å². The largest absolute Gasteiger partial charge is 0.463 e. The molecule has 1 heterocycles. The molecule has 0 saturated carbocycles. The van der Waals surface area contributed by atoms with Gasteiger partial charge in [0.05, 0.1) is 0 Å². The van der Waals surface area contributed by atoms with Gasteiger partial charge >= 0.3 is 17.9 Å². The molecule has 0 aromatic carbocycles. The second-order valence-electron chi connectivity index (χ2n) is 7.18. The fourth-order valence-electron chi connectivity index (χ4n) is 3.02. The Labute approximate surface area is 182 Å². The summed E-state index contributed by atoms with van der Waals surface area (Å²) in [6.45, 7) is 4.93.